The topological polar surface area (TPSA) is 34.1 Å². The lowest BCUT2D eigenvalue weighted by Gasteiger charge is -2.13. The van der Waals surface area contributed by atoms with E-state index in [0.29, 0.717) is 0 Å². The Morgan fingerprint density at radius 1 is 1.38 bits per heavy atom. The summed E-state index contributed by atoms with van der Waals surface area (Å²) in [6, 6.07) is 2.10. The maximum Gasteiger partial charge on any atom is 0.417 e. The van der Waals surface area contributed by atoms with Crippen LogP contribution in [0.2, 0.25) is 0 Å². The number of halogens is 4. The average molecular weight is 342 g/mol. The highest BCUT2D eigenvalue weighted by molar-refractivity contribution is 14.1. The van der Waals surface area contributed by atoms with Crippen LogP contribution >= 0.6 is 22.6 Å². The van der Waals surface area contributed by atoms with Gasteiger partial charge in [0, 0.05) is 14.7 Å². The van der Waals surface area contributed by atoms with Gasteiger partial charge in [-0.25, -0.2) is 0 Å². The molecule has 0 aliphatic carbocycles. The zero-order chi connectivity index (χ0) is 12.5. The quantitative estimate of drug-likeness (QED) is 0.469. The summed E-state index contributed by atoms with van der Waals surface area (Å²) in [5.41, 5.74) is -1.86. The molecule has 0 radical (unpaired) electrons. The Morgan fingerprint density at radius 2 is 1.94 bits per heavy atom. The minimum atomic E-state index is -4.64. The fourth-order valence-electron chi connectivity index (χ4n) is 1.34. The average Bonchev–Trinajstić information content (AvgIpc) is 2.14. The number of aldehydes is 1. The van der Waals surface area contributed by atoms with Gasteiger partial charge in [-0.05, 0) is 41.6 Å². The summed E-state index contributed by atoms with van der Waals surface area (Å²) < 4.78 is 38.2. The van der Waals surface area contributed by atoms with Crippen LogP contribution in [0.15, 0.2) is 12.1 Å². The van der Waals surface area contributed by atoms with Crippen molar-refractivity contribution in [2.24, 2.45) is 0 Å². The highest BCUT2D eigenvalue weighted by atomic mass is 127. The van der Waals surface area contributed by atoms with Crippen LogP contribution in [0.3, 0.4) is 0 Å². The molecule has 1 rings (SSSR count). The number of carbonyl (C=O) groups is 2. The van der Waals surface area contributed by atoms with Gasteiger partial charge in [0.05, 0.1) is 5.56 Å². The van der Waals surface area contributed by atoms with Gasteiger partial charge >= 0.3 is 6.18 Å². The highest BCUT2D eigenvalue weighted by Gasteiger charge is 2.36. The van der Waals surface area contributed by atoms with Gasteiger partial charge in [0.1, 0.15) is 0 Å². The Morgan fingerprint density at radius 3 is 2.31 bits per heavy atom. The molecule has 0 amide bonds. The van der Waals surface area contributed by atoms with E-state index < -0.39 is 23.1 Å². The van der Waals surface area contributed by atoms with Crippen molar-refractivity contribution in [1.29, 1.82) is 0 Å². The number of benzene rings is 1. The summed E-state index contributed by atoms with van der Waals surface area (Å²) in [7, 11) is 0. The van der Waals surface area contributed by atoms with Crippen LogP contribution in [-0.2, 0) is 6.18 Å². The predicted octanol–water partition coefficient (Wildman–Crippen LogP) is 3.33. The van der Waals surface area contributed by atoms with Crippen LogP contribution in [-0.4, -0.2) is 12.1 Å². The zero-order valence-electron chi connectivity index (χ0n) is 8.06. The summed E-state index contributed by atoms with van der Waals surface area (Å²) in [6.07, 6.45) is -4.38. The minimum Gasteiger partial charge on any atom is -0.298 e. The highest BCUT2D eigenvalue weighted by Crippen LogP contribution is 2.34. The van der Waals surface area contributed by atoms with Gasteiger partial charge < -0.3 is 0 Å². The Bertz CT molecular complexity index is 452. The number of rotatable bonds is 2. The van der Waals surface area contributed by atoms with Gasteiger partial charge in [-0.2, -0.15) is 13.2 Å². The summed E-state index contributed by atoms with van der Waals surface area (Å²) in [5, 5.41) is 0. The standard InChI is InChI=1S/C10H6F3IO2/c1-5(16)9-6(4-15)2-7(14)3-8(9)10(11,12)13/h2-4H,1H3. The summed E-state index contributed by atoms with van der Waals surface area (Å²) in [6.45, 7) is 1.00. The number of Topliss-reactive ketones (excluding diaryl/α,β-unsaturated/α-hetero) is 1. The molecule has 1 aromatic carbocycles. The molecular weight excluding hydrogens is 336 g/mol. The number of hydrogen-bond donors (Lipinski definition) is 0. The maximum absolute atomic E-state index is 12.6. The molecule has 1 aromatic rings. The first kappa shape index (κ1) is 13.1. The molecule has 0 saturated heterocycles. The third-order valence-electron chi connectivity index (χ3n) is 1.92. The van der Waals surface area contributed by atoms with E-state index >= 15 is 0 Å². The van der Waals surface area contributed by atoms with E-state index in [4.69, 9.17) is 0 Å². The molecule has 6 heteroatoms. The van der Waals surface area contributed by atoms with Gasteiger partial charge in [0.25, 0.3) is 0 Å². The van der Waals surface area contributed by atoms with Crippen molar-refractivity contribution >= 4 is 34.7 Å². The number of carbonyl (C=O) groups excluding carboxylic acids is 2. The van der Waals surface area contributed by atoms with Crippen molar-refractivity contribution < 1.29 is 22.8 Å². The third kappa shape index (κ3) is 2.60. The summed E-state index contributed by atoms with van der Waals surface area (Å²) in [4.78, 5) is 21.8. The van der Waals surface area contributed by atoms with Gasteiger partial charge in [-0.3, -0.25) is 9.59 Å². The molecule has 0 unspecified atom stereocenters. The first-order valence-electron chi connectivity index (χ1n) is 4.14. The first-order valence-corrected chi connectivity index (χ1v) is 5.22. The molecule has 0 atom stereocenters. The van der Waals surface area contributed by atoms with Crippen molar-refractivity contribution in [3.8, 4) is 0 Å². The van der Waals surface area contributed by atoms with E-state index in [0.717, 1.165) is 13.0 Å². The molecule has 86 valence electrons. The Labute approximate surface area is 103 Å². The molecule has 0 aliphatic rings. The second-order valence-corrected chi connectivity index (χ2v) is 4.34. The van der Waals surface area contributed by atoms with Crippen LogP contribution < -0.4 is 0 Å². The van der Waals surface area contributed by atoms with E-state index in [1.807, 2.05) is 0 Å². The van der Waals surface area contributed by atoms with Crippen LogP contribution in [0.25, 0.3) is 0 Å². The molecule has 0 fully saturated rings. The molecule has 0 aliphatic heterocycles. The fraction of sp³-hybridized carbons (Fsp3) is 0.200. The predicted molar refractivity (Wildman–Crippen MR) is 59.6 cm³/mol. The third-order valence-corrected chi connectivity index (χ3v) is 2.54. The molecule has 0 N–H and O–H groups in total. The van der Waals surface area contributed by atoms with Gasteiger partial charge in [0.2, 0.25) is 0 Å². The van der Waals surface area contributed by atoms with Crippen molar-refractivity contribution in [3.63, 3.8) is 0 Å². The Balaban J connectivity index is 3.64. The fourth-order valence-corrected chi connectivity index (χ4v) is 1.98. The van der Waals surface area contributed by atoms with Crippen molar-refractivity contribution in [1.82, 2.24) is 0 Å². The number of ketones is 1. The number of alkyl halides is 3. The Kier molecular flexibility index (Phi) is 3.72. The summed E-state index contributed by atoms with van der Waals surface area (Å²) in [5.74, 6) is -0.772. The van der Waals surface area contributed by atoms with Gasteiger partial charge in [-0.15, -0.1) is 0 Å². The first-order chi connectivity index (χ1) is 7.27. The van der Waals surface area contributed by atoms with Crippen molar-refractivity contribution in [2.75, 3.05) is 0 Å². The molecule has 16 heavy (non-hydrogen) atoms. The van der Waals surface area contributed by atoms with Crippen LogP contribution in [0.4, 0.5) is 13.2 Å². The monoisotopic (exact) mass is 342 g/mol. The van der Waals surface area contributed by atoms with E-state index in [1.54, 1.807) is 22.6 Å². The summed E-state index contributed by atoms with van der Waals surface area (Å²) >= 11 is 1.66. The molecule has 0 aromatic heterocycles. The second-order valence-electron chi connectivity index (χ2n) is 3.09. The number of hydrogen-bond acceptors (Lipinski definition) is 2. The van der Waals surface area contributed by atoms with E-state index in [2.05, 4.69) is 0 Å². The van der Waals surface area contributed by atoms with Crippen molar-refractivity contribution in [3.05, 3.63) is 32.4 Å². The van der Waals surface area contributed by atoms with E-state index in [1.165, 1.54) is 6.07 Å². The molecule has 2 nitrogen and oxygen atoms in total. The normalized spacial score (nSPS) is 11.3. The molecule has 0 bridgehead atoms. The molecule has 0 heterocycles. The SMILES string of the molecule is CC(=O)c1c(C=O)cc(I)cc1C(F)(F)F. The molecular formula is C10H6F3IO2. The Hall–Kier alpha value is -0.920. The smallest absolute Gasteiger partial charge is 0.298 e. The lowest BCUT2D eigenvalue weighted by Crippen LogP contribution is -2.14. The molecule has 0 spiro atoms. The largest absolute Gasteiger partial charge is 0.417 e. The van der Waals surface area contributed by atoms with Crippen LogP contribution in [0.5, 0.6) is 0 Å². The van der Waals surface area contributed by atoms with Crippen LogP contribution in [0.1, 0.15) is 33.2 Å². The zero-order valence-corrected chi connectivity index (χ0v) is 10.2. The lowest BCUT2D eigenvalue weighted by molar-refractivity contribution is -0.138. The minimum absolute atomic E-state index is 0.230. The van der Waals surface area contributed by atoms with Gasteiger partial charge in [-0.1, -0.05) is 0 Å². The lowest BCUT2D eigenvalue weighted by atomic mass is 9.98. The second kappa shape index (κ2) is 4.52. The van der Waals surface area contributed by atoms with Crippen LogP contribution in [0, 0.1) is 3.57 Å². The van der Waals surface area contributed by atoms with Gasteiger partial charge in [0.15, 0.2) is 12.1 Å². The van der Waals surface area contributed by atoms with E-state index in [-0.39, 0.29) is 15.4 Å². The molecule has 0 saturated carbocycles. The maximum atomic E-state index is 12.6. The van der Waals surface area contributed by atoms with E-state index in [9.17, 15) is 22.8 Å². The van der Waals surface area contributed by atoms with Crippen molar-refractivity contribution in [2.45, 2.75) is 13.1 Å².